The van der Waals surface area contributed by atoms with E-state index in [0.29, 0.717) is 17.0 Å². The number of carbonyl (C=O) groups is 1. The zero-order valence-electron chi connectivity index (χ0n) is 9.34. The summed E-state index contributed by atoms with van der Waals surface area (Å²) >= 11 is 6.20. The summed E-state index contributed by atoms with van der Waals surface area (Å²) < 4.78 is 5.72. The molecule has 2 N–H and O–H groups in total. The number of rotatable bonds is 2. The Bertz CT molecular complexity index is 455. The molecule has 16 heavy (non-hydrogen) atoms. The van der Waals surface area contributed by atoms with Crippen molar-refractivity contribution in [3.05, 3.63) is 28.3 Å². The van der Waals surface area contributed by atoms with Gasteiger partial charge in [-0.05, 0) is 26.0 Å². The van der Waals surface area contributed by atoms with Crippen LogP contribution >= 0.6 is 11.6 Å². The van der Waals surface area contributed by atoms with Crippen LogP contribution in [0.3, 0.4) is 0 Å². The van der Waals surface area contributed by atoms with Gasteiger partial charge in [0, 0.05) is 17.5 Å². The standard InChI is InChI=1S/C12H14ClNO2/c1-12(2)5-8-10(16-12)4-3-7(11(8)13)9(15)6-14/h3-4H,5-6,14H2,1-2H3. The van der Waals surface area contributed by atoms with Gasteiger partial charge in [0.1, 0.15) is 11.4 Å². The van der Waals surface area contributed by atoms with Crippen LogP contribution in [0.5, 0.6) is 5.75 Å². The fourth-order valence-corrected chi connectivity index (χ4v) is 2.28. The first-order valence-corrected chi connectivity index (χ1v) is 5.56. The van der Waals surface area contributed by atoms with Crippen molar-refractivity contribution in [2.24, 2.45) is 5.73 Å². The third kappa shape index (κ3) is 1.81. The SMILES string of the molecule is CC1(C)Cc2c(ccc(C(=O)CN)c2Cl)O1. The largest absolute Gasteiger partial charge is 0.487 e. The molecular weight excluding hydrogens is 226 g/mol. The number of carbonyl (C=O) groups excluding carboxylic acids is 1. The lowest BCUT2D eigenvalue weighted by atomic mass is 9.99. The number of Topliss-reactive ketones (excluding diaryl/α,β-unsaturated/α-hetero) is 1. The van der Waals surface area contributed by atoms with Gasteiger partial charge in [0.25, 0.3) is 0 Å². The minimum atomic E-state index is -0.254. The first kappa shape index (κ1) is 11.4. The molecule has 4 heteroatoms. The van der Waals surface area contributed by atoms with Crippen LogP contribution in [0.15, 0.2) is 12.1 Å². The van der Waals surface area contributed by atoms with Gasteiger partial charge in [-0.25, -0.2) is 0 Å². The van der Waals surface area contributed by atoms with Gasteiger partial charge in [-0.1, -0.05) is 11.6 Å². The van der Waals surface area contributed by atoms with Crippen LogP contribution < -0.4 is 10.5 Å². The van der Waals surface area contributed by atoms with E-state index in [1.54, 1.807) is 12.1 Å². The van der Waals surface area contributed by atoms with E-state index < -0.39 is 0 Å². The molecule has 0 saturated heterocycles. The van der Waals surface area contributed by atoms with E-state index in [1.807, 2.05) is 13.8 Å². The maximum atomic E-state index is 11.5. The number of halogens is 1. The lowest BCUT2D eigenvalue weighted by molar-refractivity contribution is 0.100. The molecule has 3 nitrogen and oxygen atoms in total. The summed E-state index contributed by atoms with van der Waals surface area (Å²) in [6.07, 6.45) is 0.715. The van der Waals surface area contributed by atoms with E-state index in [9.17, 15) is 4.79 Å². The molecule has 1 heterocycles. The van der Waals surface area contributed by atoms with Gasteiger partial charge in [-0.15, -0.1) is 0 Å². The fraction of sp³-hybridized carbons (Fsp3) is 0.417. The first-order valence-electron chi connectivity index (χ1n) is 5.18. The topological polar surface area (TPSA) is 52.3 Å². The Labute approximate surface area is 99.5 Å². The van der Waals surface area contributed by atoms with Crippen LogP contribution in [0.4, 0.5) is 0 Å². The highest BCUT2D eigenvalue weighted by Gasteiger charge is 2.32. The molecule has 0 atom stereocenters. The summed E-state index contributed by atoms with van der Waals surface area (Å²) in [6.45, 7) is 3.96. The number of ketones is 1. The van der Waals surface area contributed by atoms with E-state index in [2.05, 4.69) is 0 Å². The molecule has 0 spiro atoms. The van der Waals surface area contributed by atoms with E-state index in [0.717, 1.165) is 11.3 Å². The highest BCUT2D eigenvalue weighted by molar-refractivity contribution is 6.35. The zero-order chi connectivity index (χ0) is 11.9. The zero-order valence-corrected chi connectivity index (χ0v) is 10.1. The van der Waals surface area contributed by atoms with Gasteiger partial charge in [0.2, 0.25) is 0 Å². The fourth-order valence-electron chi connectivity index (χ4n) is 1.95. The average Bonchev–Trinajstić information content (AvgIpc) is 2.53. The van der Waals surface area contributed by atoms with Gasteiger partial charge in [0.15, 0.2) is 5.78 Å². The quantitative estimate of drug-likeness (QED) is 0.805. The molecule has 0 unspecified atom stereocenters. The minimum absolute atomic E-state index is 0.0250. The second-order valence-electron chi connectivity index (χ2n) is 4.57. The second-order valence-corrected chi connectivity index (χ2v) is 4.95. The Morgan fingerprint density at radius 1 is 1.56 bits per heavy atom. The van der Waals surface area contributed by atoms with Gasteiger partial charge >= 0.3 is 0 Å². The van der Waals surface area contributed by atoms with E-state index >= 15 is 0 Å². The molecule has 1 aromatic rings. The third-order valence-electron chi connectivity index (χ3n) is 2.67. The normalized spacial score (nSPS) is 16.8. The van der Waals surface area contributed by atoms with Crippen molar-refractivity contribution in [2.75, 3.05) is 6.54 Å². The smallest absolute Gasteiger partial charge is 0.177 e. The summed E-state index contributed by atoms with van der Waals surface area (Å²) in [5.41, 5.74) is 6.48. The number of fused-ring (bicyclic) bond motifs is 1. The molecule has 1 aliphatic rings. The summed E-state index contributed by atoms with van der Waals surface area (Å²) in [7, 11) is 0. The monoisotopic (exact) mass is 239 g/mol. The molecule has 0 radical (unpaired) electrons. The van der Waals surface area contributed by atoms with Crippen molar-refractivity contribution in [1.29, 1.82) is 0 Å². The predicted molar refractivity (Wildman–Crippen MR) is 63.2 cm³/mol. The lowest BCUT2D eigenvalue weighted by Crippen LogP contribution is -2.24. The second kappa shape index (κ2) is 3.75. The molecule has 86 valence electrons. The van der Waals surface area contributed by atoms with Crippen molar-refractivity contribution in [3.63, 3.8) is 0 Å². The number of benzene rings is 1. The van der Waals surface area contributed by atoms with E-state index in [-0.39, 0.29) is 17.9 Å². The molecule has 0 fully saturated rings. The maximum Gasteiger partial charge on any atom is 0.177 e. The Morgan fingerprint density at radius 3 is 2.88 bits per heavy atom. The van der Waals surface area contributed by atoms with Crippen LogP contribution in [-0.2, 0) is 6.42 Å². The predicted octanol–water partition coefficient (Wildman–Crippen LogP) is 2.19. The highest BCUT2D eigenvalue weighted by Crippen LogP contribution is 2.40. The molecule has 0 aromatic heterocycles. The van der Waals surface area contributed by atoms with Gasteiger partial charge in [0.05, 0.1) is 11.6 Å². The first-order chi connectivity index (χ1) is 7.44. The Morgan fingerprint density at radius 2 is 2.25 bits per heavy atom. The van der Waals surface area contributed by atoms with Crippen molar-refractivity contribution in [3.8, 4) is 5.75 Å². The van der Waals surface area contributed by atoms with Gasteiger partial charge in [-0.2, -0.15) is 0 Å². The molecule has 2 rings (SSSR count). The number of nitrogens with two attached hydrogens (primary N) is 1. The van der Waals surface area contributed by atoms with Crippen molar-refractivity contribution >= 4 is 17.4 Å². The Balaban J connectivity index is 2.48. The van der Waals surface area contributed by atoms with Gasteiger partial charge < -0.3 is 10.5 Å². The number of hydrogen-bond donors (Lipinski definition) is 1. The van der Waals surface area contributed by atoms with Crippen LogP contribution in [-0.4, -0.2) is 17.9 Å². The van der Waals surface area contributed by atoms with Crippen molar-refractivity contribution in [2.45, 2.75) is 25.9 Å². The van der Waals surface area contributed by atoms with Crippen LogP contribution in [0, 0.1) is 0 Å². The molecule has 0 saturated carbocycles. The van der Waals surface area contributed by atoms with Crippen molar-refractivity contribution < 1.29 is 9.53 Å². The molecule has 0 aliphatic carbocycles. The molecule has 0 bridgehead atoms. The lowest BCUT2D eigenvalue weighted by Gasteiger charge is -2.16. The van der Waals surface area contributed by atoms with E-state index in [4.69, 9.17) is 22.1 Å². The average molecular weight is 240 g/mol. The third-order valence-corrected chi connectivity index (χ3v) is 3.11. The molecule has 0 amide bonds. The molecule has 1 aromatic carbocycles. The molecule has 1 aliphatic heterocycles. The Hall–Kier alpha value is -1.06. The molecular formula is C12H14ClNO2. The van der Waals surface area contributed by atoms with Crippen LogP contribution in [0.25, 0.3) is 0 Å². The van der Waals surface area contributed by atoms with Gasteiger partial charge in [-0.3, -0.25) is 4.79 Å². The Kier molecular flexibility index (Phi) is 2.68. The highest BCUT2D eigenvalue weighted by atomic mass is 35.5. The van der Waals surface area contributed by atoms with Crippen LogP contribution in [0.2, 0.25) is 5.02 Å². The van der Waals surface area contributed by atoms with Crippen LogP contribution in [0.1, 0.15) is 29.8 Å². The summed E-state index contributed by atoms with van der Waals surface area (Å²) in [6, 6.07) is 3.47. The summed E-state index contributed by atoms with van der Waals surface area (Å²) in [5, 5.41) is 0.485. The summed E-state index contributed by atoms with van der Waals surface area (Å²) in [4.78, 5) is 11.5. The van der Waals surface area contributed by atoms with E-state index in [1.165, 1.54) is 0 Å². The number of ether oxygens (including phenoxy) is 1. The van der Waals surface area contributed by atoms with Crippen molar-refractivity contribution in [1.82, 2.24) is 0 Å². The minimum Gasteiger partial charge on any atom is -0.487 e. The number of hydrogen-bond acceptors (Lipinski definition) is 3. The summed E-state index contributed by atoms with van der Waals surface area (Å²) in [5.74, 6) is 0.626. The maximum absolute atomic E-state index is 11.5.